The zero-order chi connectivity index (χ0) is 31.8. The fourth-order valence-electron chi connectivity index (χ4n) is 4.53. The highest BCUT2D eigenvalue weighted by Gasteiger charge is 2.39. The molecule has 0 fully saturated rings. The molecule has 5 rings (SSSR count). The molecule has 3 aromatic heterocycles. The van der Waals surface area contributed by atoms with Crippen LogP contribution in [0.5, 0.6) is 5.88 Å². The second-order valence-corrected chi connectivity index (χ2v) is 12.1. The van der Waals surface area contributed by atoms with Crippen LogP contribution in [0.1, 0.15) is 40.7 Å². The first-order chi connectivity index (χ1) is 20.8. The van der Waals surface area contributed by atoms with Crippen LogP contribution in [0.2, 0.25) is 0 Å². The fraction of sp³-hybridized carbons (Fsp3) is 0.310. The van der Waals surface area contributed by atoms with E-state index in [9.17, 15) is 35.2 Å². The Kier molecular flexibility index (Phi) is 8.53. The molecule has 1 aliphatic rings. The average molecular weight is 637 g/mol. The van der Waals surface area contributed by atoms with Crippen LogP contribution < -0.4 is 10.1 Å². The number of alkyl halides is 4. The van der Waals surface area contributed by atoms with E-state index in [4.69, 9.17) is 9.47 Å². The van der Waals surface area contributed by atoms with Crippen LogP contribution in [0.15, 0.2) is 53.6 Å². The number of hydrogen-bond acceptors (Lipinski definition) is 8. The van der Waals surface area contributed by atoms with Crippen molar-refractivity contribution in [3.8, 4) is 17.1 Å². The minimum Gasteiger partial charge on any atom is -0.480 e. The number of hydrogen-bond donors (Lipinski definition) is 1. The maximum absolute atomic E-state index is 14.8. The number of fused-ring (bicyclic) bond motifs is 2. The van der Waals surface area contributed by atoms with Crippen molar-refractivity contribution in [1.29, 1.82) is 0 Å². The number of benzene rings is 1. The zero-order valence-electron chi connectivity index (χ0n) is 23.3. The van der Waals surface area contributed by atoms with E-state index in [0.29, 0.717) is 27.9 Å². The van der Waals surface area contributed by atoms with Gasteiger partial charge in [-0.15, -0.1) is 0 Å². The number of nitrogens with one attached hydrogen (secondary N) is 1. The second kappa shape index (κ2) is 12.0. The Morgan fingerprint density at radius 2 is 1.95 bits per heavy atom. The molecule has 1 N–H and O–H groups in total. The fourth-order valence-corrected chi connectivity index (χ4v) is 6.01. The van der Waals surface area contributed by atoms with Crippen LogP contribution in [0.25, 0.3) is 22.2 Å². The Labute approximate surface area is 248 Å². The smallest absolute Gasteiger partial charge is 0.277 e. The number of pyridine rings is 3. The summed E-state index contributed by atoms with van der Waals surface area (Å²) in [6.45, 7) is -0.0278. The summed E-state index contributed by atoms with van der Waals surface area (Å²) in [4.78, 5) is 25.0. The van der Waals surface area contributed by atoms with Gasteiger partial charge in [-0.1, -0.05) is 0 Å². The van der Waals surface area contributed by atoms with Crippen LogP contribution in [0, 0.1) is 5.82 Å². The molecule has 9 nitrogen and oxygen atoms in total. The van der Waals surface area contributed by atoms with Gasteiger partial charge in [-0.3, -0.25) is 9.78 Å². The van der Waals surface area contributed by atoms with Crippen molar-refractivity contribution in [2.75, 3.05) is 13.7 Å². The lowest BCUT2D eigenvalue weighted by Gasteiger charge is -2.20. The number of methoxy groups -OCH3 is 1. The molecule has 0 saturated heterocycles. The molecule has 44 heavy (non-hydrogen) atoms. The van der Waals surface area contributed by atoms with E-state index >= 15 is 0 Å². The molecule has 1 aromatic carbocycles. The lowest BCUT2D eigenvalue weighted by molar-refractivity contribution is -0.0288. The van der Waals surface area contributed by atoms with E-state index in [-0.39, 0.29) is 36.8 Å². The summed E-state index contributed by atoms with van der Waals surface area (Å²) in [5.74, 6) is -1.96. The Hall–Kier alpha value is -4.24. The number of carbonyl (C=O) groups is 1. The Morgan fingerprint density at radius 3 is 2.68 bits per heavy atom. The van der Waals surface area contributed by atoms with E-state index in [2.05, 4.69) is 20.3 Å². The highest BCUT2D eigenvalue weighted by molar-refractivity contribution is 7.92. The Morgan fingerprint density at radius 1 is 1.18 bits per heavy atom. The largest absolute Gasteiger partial charge is 0.480 e. The number of halogens is 5. The van der Waals surface area contributed by atoms with E-state index in [1.807, 2.05) is 0 Å². The number of sulfone groups is 1. The normalized spacial score (nSPS) is 17.8. The number of rotatable bonds is 7. The predicted molar refractivity (Wildman–Crippen MR) is 148 cm³/mol. The van der Waals surface area contributed by atoms with Crippen molar-refractivity contribution in [1.82, 2.24) is 20.3 Å². The third kappa shape index (κ3) is 5.93. The lowest BCUT2D eigenvalue weighted by atomic mass is 10.0. The maximum atomic E-state index is 14.8. The predicted octanol–water partition coefficient (Wildman–Crippen LogP) is 5.21. The number of amides is 1. The van der Waals surface area contributed by atoms with Gasteiger partial charge in [-0.25, -0.2) is 40.3 Å². The molecule has 1 aliphatic heterocycles. The van der Waals surface area contributed by atoms with Gasteiger partial charge in [-0.2, -0.15) is 0 Å². The van der Waals surface area contributed by atoms with Crippen LogP contribution in [0.3, 0.4) is 0 Å². The first-order valence-electron chi connectivity index (χ1n) is 13.2. The molecule has 0 radical (unpaired) electrons. The SMILES string of the molecule is COc1nc(C(C)(F)C(F)F)ccc1-c1ccc2cnc(CNC(=O)c3cc(F)c4c(c3)S(=O)(=O)[C@@H](F)CCOC4)cc2n1. The van der Waals surface area contributed by atoms with Gasteiger partial charge in [0, 0.05) is 29.1 Å². The molecule has 1 amide bonds. The molecule has 4 heterocycles. The van der Waals surface area contributed by atoms with Crippen LogP contribution in [0.4, 0.5) is 22.0 Å². The molecule has 0 saturated carbocycles. The molecular formula is C29H25F5N4O5S. The van der Waals surface area contributed by atoms with Crippen molar-refractivity contribution >= 4 is 26.6 Å². The molecule has 2 atom stereocenters. The highest BCUT2D eigenvalue weighted by Crippen LogP contribution is 2.36. The van der Waals surface area contributed by atoms with Crippen LogP contribution in [-0.4, -0.2) is 54.9 Å². The molecule has 0 aliphatic carbocycles. The molecule has 0 spiro atoms. The lowest BCUT2D eigenvalue weighted by Crippen LogP contribution is -2.26. The van der Waals surface area contributed by atoms with Crippen molar-refractivity contribution in [2.45, 2.75) is 49.0 Å². The Balaban J connectivity index is 1.39. The summed E-state index contributed by atoms with van der Waals surface area (Å²) in [7, 11) is -3.29. The number of nitrogens with zero attached hydrogens (tertiary/aromatic N) is 3. The number of aromatic nitrogens is 3. The average Bonchev–Trinajstić information content (AvgIpc) is 3.00. The second-order valence-electron chi connectivity index (χ2n) is 10.1. The van der Waals surface area contributed by atoms with Crippen LogP contribution >= 0.6 is 0 Å². The van der Waals surface area contributed by atoms with Crippen molar-refractivity contribution in [3.05, 3.63) is 77.0 Å². The van der Waals surface area contributed by atoms with E-state index < -0.39 is 56.2 Å². The number of ether oxygens (including phenoxy) is 2. The summed E-state index contributed by atoms with van der Waals surface area (Å²) >= 11 is 0. The Bertz CT molecular complexity index is 1860. The third-order valence-electron chi connectivity index (χ3n) is 7.10. The van der Waals surface area contributed by atoms with Gasteiger partial charge in [0.2, 0.25) is 26.9 Å². The molecular weight excluding hydrogens is 611 g/mol. The van der Waals surface area contributed by atoms with Crippen molar-refractivity contribution in [3.63, 3.8) is 0 Å². The topological polar surface area (TPSA) is 120 Å². The van der Waals surface area contributed by atoms with Gasteiger partial charge in [0.25, 0.3) is 12.3 Å². The summed E-state index contributed by atoms with van der Waals surface area (Å²) in [5, 5.41) is 3.14. The first kappa shape index (κ1) is 31.2. The summed E-state index contributed by atoms with van der Waals surface area (Å²) < 4.78 is 106. The minimum absolute atomic E-state index is 0.114. The minimum atomic E-state index is -4.55. The third-order valence-corrected chi connectivity index (χ3v) is 8.98. The van der Waals surface area contributed by atoms with Crippen LogP contribution in [-0.2, 0) is 33.4 Å². The monoisotopic (exact) mass is 636 g/mol. The molecule has 232 valence electrons. The van der Waals surface area contributed by atoms with E-state index in [1.165, 1.54) is 19.4 Å². The maximum Gasteiger partial charge on any atom is 0.277 e. The van der Waals surface area contributed by atoms with Gasteiger partial charge in [-0.05, 0) is 49.4 Å². The molecule has 15 heteroatoms. The highest BCUT2D eigenvalue weighted by atomic mass is 32.2. The molecule has 1 unspecified atom stereocenters. The molecule has 4 aromatic rings. The van der Waals surface area contributed by atoms with Gasteiger partial charge < -0.3 is 14.8 Å². The van der Waals surface area contributed by atoms with Gasteiger partial charge >= 0.3 is 0 Å². The van der Waals surface area contributed by atoms with E-state index in [1.54, 1.807) is 18.2 Å². The quantitative estimate of drug-likeness (QED) is 0.275. The standard InChI is InChI=1S/C29H25F5N4O5S/c1-29(34,28(32)33)24-6-4-18(27(38-24)42-2)21-5-3-15-12-35-17(11-22(15)37-21)13-36-26(39)16-9-20(30)19-14-43-8-7-25(31)44(40,41)23(19)10-16/h3-6,9-12,25,28H,7-8,13-14H2,1-2H3,(H,36,39)/t25-,29?/m1/s1. The molecule has 0 bridgehead atoms. The van der Waals surface area contributed by atoms with Gasteiger partial charge in [0.1, 0.15) is 5.82 Å². The van der Waals surface area contributed by atoms with Gasteiger partial charge in [0.15, 0.2) is 0 Å². The van der Waals surface area contributed by atoms with Gasteiger partial charge in [0.05, 0.1) is 59.9 Å². The van der Waals surface area contributed by atoms with Crippen molar-refractivity contribution in [2.24, 2.45) is 0 Å². The van der Waals surface area contributed by atoms with E-state index in [0.717, 1.165) is 25.1 Å². The number of carbonyl (C=O) groups excluding carboxylic acids is 1. The first-order valence-corrected chi connectivity index (χ1v) is 14.7. The summed E-state index contributed by atoms with van der Waals surface area (Å²) in [6, 6.07) is 9.12. The van der Waals surface area contributed by atoms with Crippen molar-refractivity contribution < 1.29 is 44.6 Å². The zero-order valence-corrected chi connectivity index (χ0v) is 24.1. The summed E-state index contributed by atoms with van der Waals surface area (Å²) in [6.07, 6.45) is -2.24. The summed E-state index contributed by atoms with van der Waals surface area (Å²) in [5.41, 5.74) is -5.10.